The van der Waals surface area contributed by atoms with E-state index in [2.05, 4.69) is 36.8 Å². The highest BCUT2D eigenvalue weighted by Gasteiger charge is 2.11. The standard InChI is InChI=1S/C8H4Br2ClNOS/c9-5-1-6(14-7(5)10)8-12-4(2-11)3-13-8/h1,3H,2H2. The molecule has 0 radical (unpaired) electrons. The fourth-order valence-corrected chi connectivity index (χ4v) is 3.02. The maximum absolute atomic E-state index is 5.63. The predicted molar refractivity (Wildman–Crippen MR) is 64.8 cm³/mol. The Morgan fingerprint density at radius 3 is 2.79 bits per heavy atom. The molecule has 0 fully saturated rings. The molecule has 0 aliphatic heterocycles. The third kappa shape index (κ3) is 2.05. The second kappa shape index (κ2) is 4.35. The van der Waals surface area contributed by atoms with Crippen molar-refractivity contribution >= 4 is 54.8 Å². The van der Waals surface area contributed by atoms with Crippen LogP contribution in [0.15, 0.2) is 25.0 Å². The number of halogens is 3. The van der Waals surface area contributed by atoms with E-state index in [0.29, 0.717) is 11.8 Å². The van der Waals surface area contributed by atoms with Crippen LogP contribution >= 0.6 is 54.8 Å². The predicted octanol–water partition coefficient (Wildman–Crippen LogP) is 4.67. The third-order valence-corrected chi connectivity index (χ3v) is 5.06. The Morgan fingerprint density at radius 2 is 2.29 bits per heavy atom. The molecule has 0 atom stereocenters. The van der Waals surface area contributed by atoms with E-state index in [1.54, 1.807) is 17.6 Å². The van der Waals surface area contributed by atoms with E-state index in [1.807, 2.05) is 6.07 Å². The average molecular weight is 357 g/mol. The highest BCUT2D eigenvalue weighted by atomic mass is 79.9. The van der Waals surface area contributed by atoms with Crippen LogP contribution in [0.2, 0.25) is 0 Å². The van der Waals surface area contributed by atoms with Gasteiger partial charge in [0, 0.05) is 4.47 Å². The average Bonchev–Trinajstić information content (AvgIpc) is 2.74. The maximum Gasteiger partial charge on any atom is 0.236 e. The van der Waals surface area contributed by atoms with Gasteiger partial charge in [0.2, 0.25) is 5.89 Å². The van der Waals surface area contributed by atoms with Crippen molar-refractivity contribution in [2.24, 2.45) is 0 Å². The molecule has 2 rings (SSSR count). The lowest BCUT2D eigenvalue weighted by Crippen LogP contribution is -1.75. The van der Waals surface area contributed by atoms with Crippen molar-refractivity contribution in [2.45, 2.75) is 5.88 Å². The first kappa shape index (κ1) is 10.7. The number of alkyl halides is 1. The van der Waals surface area contributed by atoms with Crippen LogP contribution < -0.4 is 0 Å². The number of hydrogen-bond acceptors (Lipinski definition) is 3. The molecule has 0 saturated carbocycles. The van der Waals surface area contributed by atoms with Gasteiger partial charge in [0.1, 0.15) is 6.26 Å². The maximum atomic E-state index is 5.63. The third-order valence-electron chi connectivity index (χ3n) is 1.54. The zero-order chi connectivity index (χ0) is 10.1. The molecule has 2 heterocycles. The van der Waals surface area contributed by atoms with Crippen LogP contribution in [-0.2, 0) is 5.88 Å². The minimum absolute atomic E-state index is 0.372. The van der Waals surface area contributed by atoms with Crippen molar-refractivity contribution in [3.8, 4) is 10.8 Å². The molecule has 0 aliphatic carbocycles. The van der Waals surface area contributed by atoms with Gasteiger partial charge < -0.3 is 4.42 Å². The lowest BCUT2D eigenvalue weighted by molar-refractivity contribution is 0.575. The van der Waals surface area contributed by atoms with Crippen molar-refractivity contribution in [3.05, 3.63) is 26.3 Å². The first-order valence-corrected chi connectivity index (χ1v) is 6.60. The van der Waals surface area contributed by atoms with Gasteiger partial charge in [-0.15, -0.1) is 22.9 Å². The quantitative estimate of drug-likeness (QED) is 0.730. The number of hydrogen-bond donors (Lipinski definition) is 0. The van der Waals surface area contributed by atoms with E-state index >= 15 is 0 Å². The molecule has 0 amide bonds. The minimum atomic E-state index is 0.372. The van der Waals surface area contributed by atoms with Gasteiger partial charge in [0.15, 0.2) is 0 Å². The molecule has 2 aromatic rings. The van der Waals surface area contributed by atoms with Gasteiger partial charge in [-0.3, -0.25) is 0 Å². The SMILES string of the molecule is ClCc1coc(-c2cc(Br)c(Br)s2)n1. The molecule has 0 saturated heterocycles. The van der Waals surface area contributed by atoms with Crippen molar-refractivity contribution in [1.29, 1.82) is 0 Å². The first-order valence-electron chi connectivity index (χ1n) is 3.66. The van der Waals surface area contributed by atoms with E-state index in [1.165, 1.54) is 0 Å². The largest absolute Gasteiger partial charge is 0.444 e. The van der Waals surface area contributed by atoms with Crippen molar-refractivity contribution < 1.29 is 4.42 Å². The Morgan fingerprint density at radius 1 is 1.50 bits per heavy atom. The van der Waals surface area contributed by atoms with Crippen LogP contribution in [0, 0.1) is 0 Å². The van der Waals surface area contributed by atoms with Crippen molar-refractivity contribution in [3.63, 3.8) is 0 Å². The molecule has 0 spiro atoms. The summed E-state index contributed by atoms with van der Waals surface area (Å²) in [7, 11) is 0. The summed E-state index contributed by atoms with van der Waals surface area (Å²) in [6.45, 7) is 0. The van der Waals surface area contributed by atoms with Gasteiger partial charge in [0.25, 0.3) is 0 Å². The first-order chi connectivity index (χ1) is 6.70. The van der Waals surface area contributed by atoms with E-state index in [0.717, 1.165) is 18.8 Å². The summed E-state index contributed by atoms with van der Waals surface area (Å²) < 4.78 is 7.31. The van der Waals surface area contributed by atoms with Gasteiger partial charge in [0.05, 0.1) is 20.2 Å². The Labute approximate surface area is 107 Å². The molecule has 0 bridgehead atoms. The van der Waals surface area contributed by atoms with Crippen LogP contribution in [0.4, 0.5) is 0 Å². The fourth-order valence-electron chi connectivity index (χ4n) is 0.934. The molecular weight excluding hydrogens is 353 g/mol. The molecule has 0 aromatic carbocycles. The zero-order valence-corrected chi connectivity index (χ0v) is 11.5. The summed E-state index contributed by atoms with van der Waals surface area (Å²) in [5.74, 6) is 0.981. The molecule has 2 aromatic heterocycles. The lowest BCUT2D eigenvalue weighted by Gasteiger charge is -1.84. The molecule has 0 unspecified atom stereocenters. The number of thiophene rings is 1. The second-order valence-corrected chi connectivity index (χ2v) is 6.00. The molecule has 2 nitrogen and oxygen atoms in total. The number of nitrogens with zero attached hydrogens (tertiary/aromatic N) is 1. The zero-order valence-electron chi connectivity index (χ0n) is 6.76. The smallest absolute Gasteiger partial charge is 0.236 e. The van der Waals surface area contributed by atoms with Crippen molar-refractivity contribution in [1.82, 2.24) is 4.98 Å². The van der Waals surface area contributed by atoms with Gasteiger partial charge in [-0.2, -0.15) is 0 Å². The summed E-state index contributed by atoms with van der Waals surface area (Å²) in [5.41, 5.74) is 0.752. The summed E-state index contributed by atoms with van der Waals surface area (Å²) in [6, 6.07) is 1.96. The number of aromatic nitrogens is 1. The summed E-state index contributed by atoms with van der Waals surface area (Å²) in [4.78, 5) is 5.20. The summed E-state index contributed by atoms with van der Waals surface area (Å²) in [6.07, 6.45) is 1.57. The van der Waals surface area contributed by atoms with Crippen LogP contribution in [-0.4, -0.2) is 4.98 Å². The van der Waals surface area contributed by atoms with Gasteiger partial charge in [-0.1, -0.05) is 0 Å². The topological polar surface area (TPSA) is 26.0 Å². The molecule has 0 N–H and O–H groups in total. The molecule has 6 heteroatoms. The fraction of sp³-hybridized carbons (Fsp3) is 0.125. The monoisotopic (exact) mass is 355 g/mol. The Balaban J connectivity index is 2.39. The number of rotatable bonds is 2. The highest BCUT2D eigenvalue weighted by molar-refractivity contribution is 9.13. The van der Waals surface area contributed by atoms with Crippen LogP contribution in [0.5, 0.6) is 0 Å². The molecule has 74 valence electrons. The summed E-state index contributed by atoms with van der Waals surface area (Å²) in [5, 5.41) is 0. The minimum Gasteiger partial charge on any atom is -0.444 e. The van der Waals surface area contributed by atoms with Gasteiger partial charge in [-0.25, -0.2) is 4.98 Å². The van der Waals surface area contributed by atoms with Gasteiger partial charge >= 0.3 is 0 Å². The van der Waals surface area contributed by atoms with Crippen LogP contribution in [0.3, 0.4) is 0 Å². The van der Waals surface area contributed by atoms with Crippen LogP contribution in [0.25, 0.3) is 10.8 Å². The van der Waals surface area contributed by atoms with E-state index < -0.39 is 0 Å². The number of oxazole rings is 1. The second-order valence-electron chi connectivity index (χ2n) is 2.51. The highest BCUT2D eigenvalue weighted by Crippen LogP contribution is 2.37. The lowest BCUT2D eigenvalue weighted by atomic mass is 10.5. The van der Waals surface area contributed by atoms with E-state index in [4.69, 9.17) is 16.0 Å². The van der Waals surface area contributed by atoms with Crippen molar-refractivity contribution in [2.75, 3.05) is 0 Å². The van der Waals surface area contributed by atoms with Crippen LogP contribution in [0.1, 0.15) is 5.69 Å². The molecule has 14 heavy (non-hydrogen) atoms. The van der Waals surface area contributed by atoms with Gasteiger partial charge in [-0.05, 0) is 37.9 Å². The molecule has 0 aliphatic rings. The Kier molecular flexibility index (Phi) is 3.31. The summed E-state index contributed by atoms with van der Waals surface area (Å²) >= 11 is 14.0. The van der Waals surface area contributed by atoms with E-state index in [9.17, 15) is 0 Å². The Bertz CT molecular complexity index is 434. The Hall–Kier alpha value is 0.160. The molecular formula is C8H4Br2ClNOS. The normalized spacial score (nSPS) is 10.8. The van der Waals surface area contributed by atoms with E-state index in [-0.39, 0.29) is 0 Å².